The van der Waals surface area contributed by atoms with Crippen LogP contribution in [0.25, 0.3) is 0 Å². The van der Waals surface area contributed by atoms with Crippen LogP contribution in [0.5, 0.6) is 0 Å². The van der Waals surface area contributed by atoms with Gasteiger partial charge in [-0.2, -0.15) is 0 Å². The topological polar surface area (TPSA) is 64.3 Å². The summed E-state index contributed by atoms with van der Waals surface area (Å²) in [6.07, 6.45) is 0. The molecule has 4 nitrogen and oxygen atoms in total. The zero-order valence-electron chi connectivity index (χ0n) is 13.2. The van der Waals surface area contributed by atoms with Gasteiger partial charge in [-0.1, -0.05) is 36.4 Å². The fourth-order valence-corrected chi connectivity index (χ4v) is 2.15. The van der Waals surface area contributed by atoms with Gasteiger partial charge in [-0.25, -0.2) is 0 Å². The monoisotopic (exact) mass is 334 g/mol. The molecule has 23 heavy (non-hydrogen) atoms. The first kappa shape index (κ1) is 19.2. The third-order valence-electron chi connectivity index (χ3n) is 3.47. The molecule has 5 heteroatoms. The number of carbonyl (C=O) groups is 1. The van der Waals surface area contributed by atoms with E-state index in [1.165, 1.54) is 0 Å². The van der Waals surface area contributed by atoms with E-state index in [4.69, 9.17) is 10.5 Å². The molecule has 0 aliphatic rings. The van der Waals surface area contributed by atoms with Gasteiger partial charge < -0.3 is 15.8 Å². The third kappa shape index (κ3) is 5.67. The van der Waals surface area contributed by atoms with Crippen LogP contribution in [0.1, 0.15) is 34.0 Å². The first-order valence-corrected chi connectivity index (χ1v) is 7.46. The minimum Gasteiger partial charge on any atom is -0.377 e. The maximum atomic E-state index is 12.2. The Bertz CT molecular complexity index is 615. The zero-order chi connectivity index (χ0) is 15.8. The van der Waals surface area contributed by atoms with E-state index in [-0.39, 0.29) is 18.3 Å². The fraction of sp³-hybridized carbons (Fsp3) is 0.278. The lowest BCUT2D eigenvalue weighted by Crippen LogP contribution is -2.23. The number of hydrogen-bond donors (Lipinski definition) is 2. The maximum absolute atomic E-state index is 12.2. The van der Waals surface area contributed by atoms with Crippen molar-refractivity contribution in [1.29, 1.82) is 0 Å². The summed E-state index contributed by atoms with van der Waals surface area (Å²) in [6.45, 7) is 4.17. The number of benzene rings is 2. The summed E-state index contributed by atoms with van der Waals surface area (Å²) in [6, 6.07) is 15.3. The van der Waals surface area contributed by atoms with E-state index in [9.17, 15) is 4.79 Å². The van der Waals surface area contributed by atoms with Gasteiger partial charge in [0.15, 0.2) is 0 Å². The van der Waals surface area contributed by atoms with Crippen LogP contribution in [0, 0.1) is 0 Å². The minimum atomic E-state index is -0.0882. The molecule has 0 fully saturated rings. The van der Waals surface area contributed by atoms with Crippen molar-refractivity contribution in [3.05, 3.63) is 70.8 Å². The Hall–Kier alpha value is -1.88. The Morgan fingerprint density at radius 3 is 2.35 bits per heavy atom. The molecule has 0 bridgehead atoms. The second-order valence-electron chi connectivity index (χ2n) is 4.99. The molecule has 0 atom stereocenters. The SMILES string of the molecule is CCOCc1ccccc1CNC(=O)c1ccc(CN)cc1.Cl. The molecule has 124 valence electrons. The first-order valence-electron chi connectivity index (χ1n) is 7.46. The molecular formula is C18H23ClN2O2. The Balaban J connectivity index is 0.00000264. The van der Waals surface area contributed by atoms with Gasteiger partial charge in [0.25, 0.3) is 5.91 Å². The predicted molar refractivity (Wildman–Crippen MR) is 94.5 cm³/mol. The smallest absolute Gasteiger partial charge is 0.251 e. The minimum absolute atomic E-state index is 0. The predicted octanol–water partition coefficient (Wildman–Crippen LogP) is 3.03. The molecule has 0 radical (unpaired) electrons. The molecule has 0 spiro atoms. The largest absolute Gasteiger partial charge is 0.377 e. The third-order valence-corrected chi connectivity index (χ3v) is 3.47. The van der Waals surface area contributed by atoms with E-state index in [2.05, 4.69) is 5.32 Å². The fourth-order valence-electron chi connectivity index (χ4n) is 2.15. The van der Waals surface area contributed by atoms with Crippen LogP contribution in [0.3, 0.4) is 0 Å². The van der Waals surface area contributed by atoms with Crippen molar-refractivity contribution >= 4 is 18.3 Å². The number of halogens is 1. The highest BCUT2D eigenvalue weighted by molar-refractivity contribution is 5.94. The summed E-state index contributed by atoms with van der Waals surface area (Å²) in [4.78, 5) is 12.2. The summed E-state index contributed by atoms with van der Waals surface area (Å²) in [5.74, 6) is -0.0882. The molecule has 2 aromatic rings. The van der Waals surface area contributed by atoms with Gasteiger partial charge in [0.2, 0.25) is 0 Å². The summed E-state index contributed by atoms with van der Waals surface area (Å²) in [7, 11) is 0. The van der Waals surface area contributed by atoms with E-state index in [1.807, 2.05) is 43.3 Å². The van der Waals surface area contributed by atoms with Crippen molar-refractivity contribution in [2.45, 2.75) is 26.6 Å². The molecule has 3 N–H and O–H groups in total. The van der Waals surface area contributed by atoms with Crippen molar-refractivity contribution in [3.63, 3.8) is 0 Å². The lowest BCUT2D eigenvalue weighted by atomic mass is 10.1. The van der Waals surface area contributed by atoms with Crippen molar-refractivity contribution in [3.8, 4) is 0 Å². The number of amides is 1. The van der Waals surface area contributed by atoms with E-state index >= 15 is 0 Å². The summed E-state index contributed by atoms with van der Waals surface area (Å²) in [5.41, 5.74) is 9.38. The van der Waals surface area contributed by atoms with E-state index in [0.717, 1.165) is 16.7 Å². The first-order chi connectivity index (χ1) is 10.7. The molecular weight excluding hydrogens is 312 g/mol. The lowest BCUT2D eigenvalue weighted by Gasteiger charge is -2.11. The van der Waals surface area contributed by atoms with Crippen LogP contribution in [-0.2, 0) is 24.4 Å². The molecule has 0 saturated carbocycles. The Labute approximate surface area is 143 Å². The second kappa shape index (κ2) is 10.0. The standard InChI is InChI=1S/C18H22N2O2.ClH/c1-2-22-13-17-6-4-3-5-16(17)12-20-18(21)15-9-7-14(11-19)8-10-15;/h3-10H,2,11-13,19H2,1H3,(H,20,21);1H. The van der Waals surface area contributed by atoms with Crippen LogP contribution in [-0.4, -0.2) is 12.5 Å². The number of rotatable bonds is 7. The van der Waals surface area contributed by atoms with Gasteiger partial charge in [0.1, 0.15) is 0 Å². The maximum Gasteiger partial charge on any atom is 0.251 e. The number of carbonyl (C=O) groups excluding carboxylic acids is 1. The second-order valence-corrected chi connectivity index (χ2v) is 4.99. The van der Waals surface area contributed by atoms with Crippen LogP contribution in [0.15, 0.2) is 48.5 Å². The van der Waals surface area contributed by atoms with Gasteiger partial charge in [-0.05, 0) is 35.7 Å². The average molecular weight is 335 g/mol. The molecule has 2 rings (SSSR count). The van der Waals surface area contributed by atoms with Crippen LogP contribution in [0.2, 0.25) is 0 Å². The van der Waals surface area contributed by atoms with Crippen molar-refractivity contribution in [2.75, 3.05) is 6.61 Å². The molecule has 2 aromatic carbocycles. The number of nitrogens with one attached hydrogen (secondary N) is 1. The van der Waals surface area contributed by atoms with Crippen molar-refractivity contribution < 1.29 is 9.53 Å². The van der Waals surface area contributed by atoms with Gasteiger partial charge >= 0.3 is 0 Å². The molecule has 0 aliphatic heterocycles. The highest BCUT2D eigenvalue weighted by Gasteiger charge is 2.07. The summed E-state index contributed by atoms with van der Waals surface area (Å²) < 4.78 is 5.45. The van der Waals surface area contributed by atoms with Gasteiger partial charge in [-0.3, -0.25) is 4.79 Å². The summed E-state index contributed by atoms with van der Waals surface area (Å²) in [5, 5.41) is 2.94. The number of nitrogens with two attached hydrogens (primary N) is 1. The van der Waals surface area contributed by atoms with Crippen molar-refractivity contribution in [2.24, 2.45) is 5.73 Å². The highest BCUT2D eigenvalue weighted by atomic mass is 35.5. The molecule has 0 aromatic heterocycles. The van der Waals surface area contributed by atoms with Crippen molar-refractivity contribution in [1.82, 2.24) is 5.32 Å². The van der Waals surface area contributed by atoms with Gasteiger partial charge in [0.05, 0.1) is 6.61 Å². The molecule has 1 amide bonds. The average Bonchev–Trinajstić information content (AvgIpc) is 2.58. The van der Waals surface area contributed by atoms with Gasteiger partial charge in [0, 0.05) is 25.3 Å². The zero-order valence-corrected chi connectivity index (χ0v) is 14.1. The Morgan fingerprint density at radius 1 is 1.09 bits per heavy atom. The summed E-state index contributed by atoms with van der Waals surface area (Å²) >= 11 is 0. The Kier molecular flexibility index (Phi) is 8.33. The Morgan fingerprint density at radius 2 is 1.74 bits per heavy atom. The normalized spacial score (nSPS) is 10.0. The lowest BCUT2D eigenvalue weighted by molar-refractivity contribution is 0.0950. The van der Waals surface area contributed by atoms with Gasteiger partial charge in [-0.15, -0.1) is 12.4 Å². The molecule has 0 unspecified atom stereocenters. The number of ether oxygens (including phenoxy) is 1. The quantitative estimate of drug-likeness (QED) is 0.818. The molecule has 0 saturated heterocycles. The van der Waals surface area contributed by atoms with E-state index in [0.29, 0.717) is 31.9 Å². The van der Waals surface area contributed by atoms with Crippen LogP contribution >= 0.6 is 12.4 Å². The molecule has 0 heterocycles. The van der Waals surface area contributed by atoms with Crippen LogP contribution < -0.4 is 11.1 Å². The van der Waals surface area contributed by atoms with E-state index < -0.39 is 0 Å². The molecule has 0 aliphatic carbocycles. The van der Waals surface area contributed by atoms with Crippen LogP contribution in [0.4, 0.5) is 0 Å². The number of hydrogen-bond acceptors (Lipinski definition) is 3. The van der Waals surface area contributed by atoms with E-state index in [1.54, 1.807) is 12.1 Å². The highest BCUT2D eigenvalue weighted by Crippen LogP contribution is 2.11.